The Morgan fingerprint density at radius 3 is 2.50 bits per heavy atom. The average Bonchev–Trinajstić information content (AvgIpc) is 2.50. The fourth-order valence-corrected chi connectivity index (χ4v) is 1.94. The molecule has 0 radical (unpaired) electrons. The van der Waals surface area contributed by atoms with Crippen LogP contribution in [0.25, 0.3) is 0 Å². The number of carbonyl (C=O) groups is 2. The molecule has 0 saturated heterocycles. The highest BCUT2D eigenvalue weighted by molar-refractivity contribution is 5.84. The molecule has 6 nitrogen and oxygen atoms in total. The molecule has 0 bridgehead atoms. The van der Waals surface area contributed by atoms with E-state index in [0.29, 0.717) is 0 Å². The van der Waals surface area contributed by atoms with Crippen LogP contribution in [0.4, 0.5) is 13.2 Å². The van der Waals surface area contributed by atoms with E-state index in [2.05, 4.69) is 5.32 Å². The van der Waals surface area contributed by atoms with Crippen molar-refractivity contribution >= 4 is 11.9 Å². The molecule has 0 heterocycles. The van der Waals surface area contributed by atoms with Crippen molar-refractivity contribution in [2.45, 2.75) is 18.6 Å². The first-order chi connectivity index (χ1) is 11.3. The fourth-order valence-electron chi connectivity index (χ4n) is 1.94. The number of carboxylic acids is 1. The van der Waals surface area contributed by atoms with E-state index >= 15 is 0 Å². The van der Waals surface area contributed by atoms with Gasteiger partial charge in [-0.05, 0) is 11.6 Å². The summed E-state index contributed by atoms with van der Waals surface area (Å²) in [6.07, 6.45) is -5.10. The van der Waals surface area contributed by atoms with Gasteiger partial charge >= 0.3 is 12.1 Å². The maximum Gasteiger partial charge on any atom is 0.416 e. The topological polar surface area (TPSA) is 84.9 Å². The van der Waals surface area contributed by atoms with Crippen LogP contribution in [0.2, 0.25) is 0 Å². The highest BCUT2D eigenvalue weighted by Gasteiger charge is 2.34. The minimum Gasteiger partial charge on any atom is -0.480 e. The number of hydrogen-bond donors (Lipinski definition) is 2. The molecule has 0 aromatic heterocycles. The lowest BCUT2D eigenvalue weighted by Gasteiger charge is -2.18. The van der Waals surface area contributed by atoms with Gasteiger partial charge in [-0.2, -0.15) is 13.2 Å². The van der Waals surface area contributed by atoms with Gasteiger partial charge in [0.25, 0.3) is 0 Å². The molecular weight excluding hydrogens is 331 g/mol. The number of methoxy groups -OCH3 is 1. The molecule has 0 aliphatic rings. The second kappa shape index (κ2) is 9.24. The van der Waals surface area contributed by atoms with E-state index in [0.717, 1.165) is 6.07 Å². The van der Waals surface area contributed by atoms with Crippen molar-refractivity contribution in [3.8, 4) is 0 Å². The largest absolute Gasteiger partial charge is 0.480 e. The summed E-state index contributed by atoms with van der Waals surface area (Å²) in [4.78, 5) is 22.9. The van der Waals surface area contributed by atoms with E-state index in [1.807, 2.05) is 0 Å². The molecule has 0 aliphatic carbocycles. The van der Waals surface area contributed by atoms with Gasteiger partial charge < -0.3 is 19.9 Å². The van der Waals surface area contributed by atoms with Crippen LogP contribution in [0.3, 0.4) is 0 Å². The van der Waals surface area contributed by atoms with Crippen LogP contribution in [0, 0.1) is 0 Å². The second-order valence-corrected chi connectivity index (χ2v) is 4.86. The van der Waals surface area contributed by atoms with Crippen LogP contribution in [-0.4, -0.2) is 50.0 Å². The van der Waals surface area contributed by atoms with Gasteiger partial charge in [0.1, 0.15) is 12.6 Å². The van der Waals surface area contributed by atoms with Gasteiger partial charge in [-0.3, -0.25) is 4.79 Å². The minimum atomic E-state index is -4.60. The quantitative estimate of drug-likeness (QED) is 0.660. The van der Waals surface area contributed by atoms with Gasteiger partial charge in [0.05, 0.1) is 18.8 Å². The highest BCUT2D eigenvalue weighted by atomic mass is 19.4. The smallest absolute Gasteiger partial charge is 0.416 e. The molecular formula is C15H18F3NO5. The minimum absolute atomic E-state index is 0.137. The van der Waals surface area contributed by atoms with Crippen molar-refractivity contribution in [1.82, 2.24) is 5.32 Å². The van der Waals surface area contributed by atoms with Gasteiger partial charge in [-0.25, -0.2) is 4.79 Å². The Kier molecular flexibility index (Phi) is 7.66. The van der Waals surface area contributed by atoms with Crippen molar-refractivity contribution < 1.29 is 37.3 Å². The molecule has 0 spiro atoms. The predicted molar refractivity (Wildman–Crippen MR) is 77.4 cm³/mol. The van der Waals surface area contributed by atoms with E-state index in [1.165, 1.54) is 25.3 Å². The maximum atomic E-state index is 12.9. The van der Waals surface area contributed by atoms with Crippen LogP contribution in [0.15, 0.2) is 24.3 Å². The number of benzene rings is 1. The molecule has 134 valence electrons. The zero-order chi connectivity index (χ0) is 18.2. The lowest BCUT2D eigenvalue weighted by molar-refractivity contribution is -0.143. The summed E-state index contributed by atoms with van der Waals surface area (Å²) in [7, 11) is 1.45. The number of aliphatic carboxylic acids is 1. The zero-order valence-electron chi connectivity index (χ0n) is 12.9. The van der Waals surface area contributed by atoms with Gasteiger partial charge in [-0.1, -0.05) is 18.2 Å². The van der Waals surface area contributed by atoms with Crippen LogP contribution in [-0.2, 0) is 31.7 Å². The monoisotopic (exact) mass is 349 g/mol. The molecule has 1 aromatic rings. The normalized spacial score (nSPS) is 12.7. The molecule has 1 rings (SSSR count). The number of nitrogens with one attached hydrogen (secondary N) is 1. The van der Waals surface area contributed by atoms with E-state index in [-0.39, 0.29) is 18.8 Å². The number of ether oxygens (including phenoxy) is 2. The molecule has 1 atom stereocenters. The molecule has 0 saturated carbocycles. The first-order valence-electron chi connectivity index (χ1n) is 6.99. The molecule has 0 fully saturated rings. The molecule has 0 aliphatic heterocycles. The summed E-state index contributed by atoms with van der Waals surface area (Å²) in [5.74, 6) is -2.17. The molecule has 2 N–H and O–H groups in total. The first kappa shape index (κ1) is 19.9. The SMILES string of the molecule is COCCOCC(=O)N[C@@H](Cc1ccccc1C(F)(F)F)C(=O)O. The summed E-state index contributed by atoms with van der Waals surface area (Å²) < 4.78 is 48.4. The number of carboxylic acid groups (broad SMARTS) is 1. The Bertz CT molecular complexity index is 562. The molecule has 1 amide bonds. The number of rotatable bonds is 9. The standard InChI is InChI=1S/C15H18F3NO5/c1-23-6-7-24-9-13(20)19-12(14(21)22)8-10-4-2-3-5-11(10)15(16,17)18/h2-5,12H,6-9H2,1H3,(H,19,20)(H,21,22)/t12-/m0/s1. The average molecular weight is 349 g/mol. The van der Waals surface area contributed by atoms with Crippen molar-refractivity contribution in [1.29, 1.82) is 0 Å². The van der Waals surface area contributed by atoms with Crippen molar-refractivity contribution in [3.05, 3.63) is 35.4 Å². The van der Waals surface area contributed by atoms with Crippen LogP contribution in [0.5, 0.6) is 0 Å². The number of amides is 1. The van der Waals surface area contributed by atoms with Gasteiger partial charge in [0.2, 0.25) is 5.91 Å². The van der Waals surface area contributed by atoms with Crippen LogP contribution < -0.4 is 5.32 Å². The Morgan fingerprint density at radius 2 is 1.92 bits per heavy atom. The lowest BCUT2D eigenvalue weighted by atomic mass is 10.00. The van der Waals surface area contributed by atoms with Crippen molar-refractivity contribution in [3.63, 3.8) is 0 Å². The molecule has 9 heteroatoms. The second-order valence-electron chi connectivity index (χ2n) is 4.86. The Hall–Kier alpha value is -2.13. The maximum absolute atomic E-state index is 12.9. The number of carbonyl (C=O) groups excluding carboxylic acids is 1. The summed E-state index contributed by atoms with van der Waals surface area (Å²) in [5.41, 5.74) is -1.14. The van der Waals surface area contributed by atoms with E-state index < -0.39 is 42.7 Å². The highest BCUT2D eigenvalue weighted by Crippen LogP contribution is 2.32. The number of alkyl halides is 3. The van der Waals surface area contributed by atoms with E-state index in [1.54, 1.807) is 0 Å². The first-order valence-corrected chi connectivity index (χ1v) is 6.99. The van der Waals surface area contributed by atoms with Gasteiger partial charge in [-0.15, -0.1) is 0 Å². The van der Waals surface area contributed by atoms with Crippen molar-refractivity contribution in [2.75, 3.05) is 26.9 Å². The Morgan fingerprint density at radius 1 is 1.25 bits per heavy atom. The lowest BCUT2D eigenvalue weighted by Crippen LogP contribution is -2.44. The summed E-state index contributed by atoms with van der Waals surface area (Å²) in [6, 6.07) is 3.14. The predicted octanol–water partition coefficient (Wildman–Crippen LogP) is 1.48. The third-order valence-corrected chi connectivity index (χ3v) is 3.05. The number of hydrogen-bond acceptors (Lipinski definition) is 4. The molecule has 0 unspecified atom stereocenters. The van der Waals surface area contributed by atoms with Gasteiger partial charge in [0, 0.05) is 13.5 Å². The fraction of sp³-hybridized carbons (Fsp3) is 0.467. The summed E-state index contributed by atoms with van der Waals surface area (Å²) in [5, 5.41) is 11.3. The Labute approximate surface area is 136 Å². The van der Waals surface area contributed by atoms with Crippen molar-refractivity contribution in [2.24, 2.45) is 0 Å². The third-order valence-electron chi connectivity index (χ3n) is 3.05. The van der Waals surface area contributed by atoms with Gasteiger partial charge in [0.15, 0.2) is 0 Å². The summed E-state index contributed by atoms with van der Waals surface area (Å²) >= 11 is 0. The van der Waals surface area contributed by atoms with Crippen LogP contribution in [0.1, 0.15) is 11.1 Å². The van der Waals surface area contributed by atoms with E-state index in [9.17, 15) is 22.8 Å². The molecule has 24 heavy (non-hydrogen) atoms. The summed E-state index contributed by atoms with van der Waals surface area (Å²) in [6.45, 7) is -0.0127. The van der Waals surface area contributed by atoms with Crippen LogP contribution >= 0.6 is 0 Å². The zero-order valence-corrected chi connectivity index (χ0v) is 12.9. The number of halogens is 3. The third kappa shape index (κ3) is 6.55. The Balaban J connectivity index is 2.74. The molecule has 1 aromatic carbocycles. The van der Waals surface area contributed by atoms with E-state index in [4.69, 9.17) is 14.6 Å².